The van der Waals surface area contributed by atoms with Gasteiger partial charge in [-0.1, -0.05) is 24.3 Å². The fourth-order valence-corrected chi connectivity index (χ4v) is 2.55. The number of nitrogens with zero attached hydrogens (tertiary/aromatic N) is 5. The van der Waals surface area contributed by atoms with Crippen molar-refractivity contribution in [3.8, 4) is 0 Å². The van der Waals surface area contributed by atoms with Gasteiger partial charge in [0.1, 0.15) is 0 Å². The number of aliphatic imine (C=N–C) groups is 1. The number of anilines is 1. The summed E-state index contributed by atoms with van der Waals surface area (Å²) < 4.78 is 1.96. The fourth-order valence-electron chi connectivity index (χ4n) is 2.55. The van der Waals surface area contributed by atoms with Crippen molar-refractivity contribution >= 4 is 41.3 Å². The summed E-state index contributed by atoms with van der Waals surface area (Å²) in [6, 6.07) is 16.2. The number of likely N-dealkylation sites (N-methyl/N-ethyl adjacent to an activating group) is 1. The fraction of sp³-hybridized carbons (Fsp3) is 0.278. The smallest absolute Gasteiger partial charge is 0.191 e. The first kappa shape index (κ1) is 20.0. The summed E-state index contributed by atoms with van der Waals surface area (Å²) in [5, 5.41) is 15.0. The number of benzene rings is 1. The van der Waals surface area contributed by atoms with Crippen LogP contribution in [0.25, 0.3) is 5.65 Å². The van der Waals surface area contributed by atoms with E-state index in [-0.39, 0.29) is 24.0 Å². The van der Waals surface area contributed by atoms with Gasteiger partial charge < -0.3 is 15.5 Å². The van der Waals surface area contributed by atoms with E-state index in [2.05, 4.69) is 49.9 Å². The van der Waals surface area contributed by atoms with Crippen LogP contribution in [0.2, 0.25) is 0 Å². The minimum Gasteiger partial charge on any atom is -0.373 e. The molecule has 0 aliphatic rings. The molecule has 26 heavy (non-hydrogen) atoms. The van der Waals surface area contributed by atoms with Crippen LogP contribution in [-0.4, -0.2) is 47.7 Å². The average molecular weight is 465 g/mol. The molecule has 3 rings (SSSR count). The molecule has 0 saturated carbocycles. The number of hydrogen-bond donors (Lipinski definition) is 2. The van der Waals surface area contributed by atoms with Crippen molar-refractivity contribution in [1.29, 1.82) is 0 Å². The molecular weight excluding hydrogens is 441 g/mol. The van der Waals surface area contributed by atoms with Crippen molar-refractivity contribution < 1.29 is 0 Å². The van der Waals surface area contributed by atoms with E-state index >= 15 is 0 Å². The third-order valence-electron chi connectivity index (χ3n) is 3.96. The lowest BCUT2D eigenvalue weighted by Crippen LogP contribution is -2.40. The van der Waals surface area contributed by atoms with Crippen LogP contribution in [0.1, 0.15) is 5.82 Å². The van der Waals surface area contributed by atoms with Crippen molar-refractivity contribution in [1.82, 2.24) is 25.2 Å². The van der Waals surface area contributed by atoms with Crippen LogP contribution in [0, 0.1) is 0 Å². The average Bonchev–Trinajstić information content (AvgIpc) is 3.08. The summed E-state index contributed by atoms with van der Waals surface area (Å²) >= 11 is 0. The molecule has 0 radical (unpaired) electrons. The van der Waals surface area contributed by atoms with Crippen molar-refractivity contribution in [2.24, 2.45) is 4.99 Å². The topological polar surface area (TPSA) is 69.8 Å². The maximum atomic E-state index is 4.26. The Kier molecular flexibility index (Phi) is 7.64. The third-order valence-corrected chi connectivity index (χ3v) is 3.96. The molecule has 2 aromatic heterocycles. The van der Waals surface area contributed by atoms with Crippen LogP contribution < -0.4 is 15.5 Å². The number of pyridine rings is 1. The summed E-state index contributed by atoms with van der Waals surface area (Å²) in [5.74, 6) is 1.59. The molecule has 2 heterocycles. The molecule has 2 N–H and O–H groups in total. The molecule has 0 atom stereocenters. The van der Waals surface area contributed by atoms with Crippen molar-refractivity contribution in [3.05, 3.63) is 60.6 Å². The van der Waals surface area contributed by atoms with Crippen molar-refractivity contribution in [3.63, 3.8) is 0 Å². The largest absolute Gasteiger partial charge is 0.373 e. The molecule has 3 aromatic rings. The number of nitrogens with one attached hydrogen (secondary N) is 2. The predicted molar refractivity (Wildman–Crippen MR) is 116 cm³/mol. The molecule has 7 nitrogen and oxygen atoms in total. The van der Waals surface area contributed by atoms with Crippen molar-refractivity contribution in [2.75, 3.05) is 32.1 Å². The first-order valence-corrected chi connectivity index (χ1v) is 8.27. The minimum atomic E-state index is 0. The standard InChI is InChI=1S/C18H23N7.HI/c1-19-18(20-11-13-24(2)15-8-4-3-5-9-15)21-14-17-23-22-16-10-6-7-12-25(16)17;/h3-10,12H,11,13-14H2,1-2H3,(H2,19,20,21);1H. The van der Waals surface area contributed by atoms with Gasteiger partial charge in [0, 0.05) is 39.1 Å². The maximum absolute atomic E-state index is 4.26. The van der Waals surface area contributed by atoms with Crippen LogP contribution in [0.15, 0.2) is 59.7 Å². The Morgan fingerprint density at radius 3 is 2.62 bits per heavy atom. The van der Waals surface area contributed by atoms with Crippen LogP contribution in [0.4, 0.5) is 5.69 Å². The number of fused-ring (bicyclic) bond motifs is 1. The number of hydrogen-bond acceptors (Lipinski definition) is 4. The molecule has 138 valence electrons. The molecule has 0 saturated heterocycles. The highest BCUT2D eigenvalue weighted by Gasteiger charge is 2.06. The normalized spacial score (nSPS) is 11.1. The Morgan fingerprint density at radius 1 is 1.08 bits per heavy atom. The molecule has 1 aromatic carbocycles. The third kappa shape index (κ3) is 5.07. The quantitative estimate of drug-likeness (QED) is 0.332. The Balaban J connectivity index is 0.00000243. The number of rotatable bonds is 6. The second kappa shape index (κ2) is 9.95. The zero-order valence-corrected chi connectivity index (χ0v) is 17.3. The highest BCUT2D eigenvalue weighted by Crippen LogP contribution is 2.09. The van der Waals surface area contributed by atoms with Crippen LogP contribution in [-0.2, 0) is 6.54 Å². The van der Waals surface area contributed by atoms with Gasteiger partial charge in [-0.05, 0) is 24.3 Å². The summed E-state index contributed by atoms with van der Waals surface area (Å²) in [7, 11) is 3.84. The van der Waals surface area contributed by atoms with Gasteiger partial charge in [0.25, 0.3) is 0 Å². The van der Waals surface area contributed by atoms with Gasteiger partial charge in [-0.3, -0.25) is 9.39 Å². The van der Waals surface area contributed by atoms with E-state index in [0.717, 1.165) is 30.5 Å². The Hall–Kier alpha value is -2.36. The lowest BCUT2D eigenvalue weighted by Gasteiger charge is -2.20. The number of para-hydroxylation sites is 1. The maximum Gasteiger partial charge on any atom is 0.191 e. The Bertz CT molecular complexity index is 832. The minimum absolute atomic E-state index is 0. The van der Waals surface area contributed by atoms with E-state index in [0.29, 0.717) is 6.54 Å². The number of halogens is 1. The van der Waals surface area contributed by atoms with Crippen molar-refractivity contribution in [2.45, 2.75) is 6.54 Å². The summed E-state index contributed by atoms with van der Waals surface area (Å²) in [4.78, 5) is 6.46. The van der Waals surface area contributed by atoms with E-state index in [1.807, 2.05) is 47.0 Å². The lowest BCUT2D eigenvalue weighted by atomic mass is 10.3. The second-order valence-electron chi connectivity index (χ2n) is 5.65. The summed E-state index contributed by atoms with van der Waals surface area (Å²) in [6.45, 7) is 2.21. The first-order valence-electron chi connectivity index (χ1n) is 8.27. The van der Waals surface area contributed by atoms with E-state index < -0.39 is 0 Å². The second-order valence-corrected chi connectivity index (χ2v) is 5.65. The van der Waals surface area contributed by atoms with Gasteiger partial charge in [0.2, 0.25) is 0 Å². The molecule has 0 spiro atoms. The molecule has 8 heteroatoms. The van der Waals surface area contributed by atoms with Gasteiger partial charge in [0.15, 0.2) is 17.4 Å². The van der Waals surface area contributed by atoms with E-state index in [1.165, 1.54) is 5.69 Å². The molecule has 0 unspecified atom stereocenters. The predicted octanol–water partition coefficient (Wildman–Crippen LogP) is 2.15. The van der Waals surface area contributed by atoms with Gasteiger partial charge in [0.05, 0.1) is 6.54 Å². The number of guanidine groups is 1. The zero-order valence-electron chi connectivity index (χ0n) is 15.0. The van der Waals surface area contributed by atoms with E-state index in [1.54, 1.807) is 7.05 Å². The summed E-state index contributed by atoms with van der Waals surface area (Å²) in [5.41, 5.74) is 2.04. The SMILES string of the molecule is CN=C(NCCN(C)c1ccccc1)NCc1nnc2ccccn12.I. The van der Waals surface area contributed by atoms with Crippen LogP contribution in [0.5, 0.6) is 0 Å². The molecule has 0 amide bonds. The number of aromatic nitrogens is 3. The highest BCUT2D eigenvalue weighted by atomic mass is 127. The van der Waals surface area contributed by atoms with Gasteiger partial charge in [-0.25, -0.2) is 0 Å². The highest BCUT2D eigenvalue weighted by molar-refractivity contribution is 14.0. The Labute approximate surface area is 170 Å². The molecular formula is C18H24IN7. The molecule has 0 bridgehead atoms. The molecule has 0 fully saturated rings. The Morgan fingerprint density at radius 2 is 1.85 bits per heavy atom. The monoisotopic (exact) mass is 465 g/mol. The van der Waals surface area contributed by atoms with Gasteiger partial charge in [-0.2, -0.15) is 0 Å². The summed E-state index contributed by atoms with van der Waals surface area (Å²) in [6.07, 6.45) is 1.96. The van der Waals surface area contributed by atoms with Gasteiger partial charge >= 0.3 is 0 Å². The molecule has 0 aliphatic heterocycles. The zero-order chi connectivity index (χ0) is 17.5. The lowest BCUT2D eigenvalue weighted by molar-refractivity contribution is 0.750. The van der Waals surface area contributed by atoms with Crippen LogP contribution >= 0.6 is 24.0 Å². The molecule has 0 aliphatic carbocycles. The first-order chi connectivity index (χ1) is 12.3. The van der Waals surface area contributed by atoms with Crippen LogP contribution in [0.3, 0.4) is 0 Å². The van der Waals surface area contributed by atoms with E-state index in [4.69, 9.17) is 0 Å². The van der Waals surface area contributed by atoms with E-state index in [9.17, 15) is 0 Å². The van der Waals surface area contributed by atoms with Gasteiger partial charge in [-0.15, -0.1) is 34.2 Å².